The van der Waals surface area contributed by atoms with Crippen LogP contribution in [0.15, 0.2) is 4.99 Å². The molecule has 0 aromatic heterocycles. The van der Waals surface area contributed by atoms with Gasteiger partial charge in [0, 0.05) is 13.1 Å². The average Bonchev–Trinajstić information content (AvgIpc) is 2.23. The second kappa shape index (κ2) is 11.1. The van der Waals surface area contributed by atoms with Gasteiger partial charge in [0.05, 0.1) is 0 Å². The molecule has 0 bridgehead atoms. The van der Waals surface area contributed by atoms with Crippen LogP contribution in [0.2, 0.25) is 0 Å². The summed E-state index contributed by atoms with van der Waals surface area (Å²) >= 11 is 2.00. The Morgan fingerprint density at radius 1 is 1.38 bits per heavy atom. The van der Waals surface area contributed by atoms with E-state index >= 15 is 0 Å². The number of unbranched alkanes of at least 4 members (excludes halogenated alkanes) is 1. The number of aliphatic imine (C=N–C) groups is 1. The molecular formula is C12H27N3S. The molecule has 16 heavy (non-hydrogen) atoms. The molecule has 0 aromatic carbocycles. The lowest BCUT2D eigenvalue weighted by molar-refractivity contribution is 0.745. The molecule has 0 unspecified atom stereocenters. The molecule has 0 aromatic rings. The van der Waals surface area contributed by atoms with Crippen molar-refractivity contribution in [3.05, 3.63) is 0 Å². The van der Waals surface area contributed by atoms with Gasteiger partial charge in [-0.3, -0.25) is 4.99 Å². The van der Waals surface area contributed by atoms with Crippen molar-refractivity contribution in [3.63, 3.8) is 0 Å². The maximum Gasteiger partial charge on any atom is 0.188 e. The van der Waals surface area contributed by atoms with E-state index in [2.05, 4.69) is 31.1 Å². The Bertz CT molecular complexity index is 181. The predicted octanol–water partition coefficient (Wildman–Crippen LogP) is 2.47. The summed E-state index contributed by atoms with van der Waals surface area (Å²) in [5.74, 6) is 3.81. The van der Waals surface area contributed by atoms with Gasteiger partial charge in [-0.05, 0) is 30.3 Å². The predicted molar refractivity (Wildman–Crippen MR) is 76.2 cm³/mol. The van der Waals surface area contributed by atoms with Gasteiger partial charge in [0.25, 0.3) is 0 Å². The monoisotopic (exact) mass is 245 g/mol. The van der Waals surface area contributed by atoms with Gasteiger partial charge in [-0.1, -0.05) is 27.2 Å². The minimum absolute atomic E-state index is 0.599. The highest BCUT2D eigenvalue weighted by Gasteiger charge is 1.94. The summed E-state index contributed by atoms with van der Waals surface area (Å²) in [5, 5.41) is 3.11. The molecule has 0 saturated carbocycles. The fraction of sp³-hybridized carbons (Fsp3) is 0.917. The Morgan fingerprint density at radius 3 is 2.75 bits per heavy atom. The van der Waals surface area contributed by atoms with E-state index in [-0.39, 0.29) is 0 Å². The van der Waals surface area contributed by atoms with E-state index in [4.69, 9.17) is 5.73 Å². The van der Waals surface area contributed by atoms with E-state index in [1.54, 1.807) is 0 Å². The minimum atomic E-state index is 0.599. The standard InChI is InChI=1S/C12H27N3S/c1-4-5-7-14-12(13)15-8-6-9-16-10-11(2)3/h11H,4-10H2,1-3H3,(H3,13,14,15). The number of hydrogen-bond donors (Lipinski definition) is 2. The van der Waals surface area contributed by atoms with Crippen molar-refractivity contribution in [1.82, 2.24) is 5.32 Å². The molecule has 0 heterocycles. The van der Waals surface area contributed by atoms with Gasteiger partial charge in [-0.25, -0.2) is 0 Å². The number of nitrogens with one attached hydrogen (secondary N) is 1. The molecule has 0 atom stereocenters. The van der Waals surface area contributed by atoms with Crippen LogP contribution in [-0.4, -0.2) is 30.6 Å². The highest BCUT2D eigenvalue weighted by Crippen LogP contribution is 2.08. The minimum Gasteiger partial charge on any atom is -0.370 e. The number of hydrogen-bond acceptors (Lipinski definition) is 2. The summed E-state index contributed by atoms with van der Waals surface area (Å²) in [6.45, 7) is 8.45. The summed E-state index contributed by atoms with van der Waals surface area (Å²) < 4.78 is 0. The smallest absolute Gasteiger partial charge is 0.188 e. The maximum absolute atomic E-state index is 5.71. The zero-order valence-corrected chi connectivity index (χ0v) is 11.8. The van der Waals surface area contributed by atoms with E-state index in [9.17, 15) is 0 Å². The fourth-order valence-electron chi connectivity index (χ4n) is 1.13. The largest absolute Gasteiger partial charge is 0.370 e. The van der Waals surface area contributed by atoms with Crippen molar-refractivity contribution in [2.75, 3.05) is 24.6 Å². The summed E-state index contributed by atoms with van der Waals surface area (Å²) in [6, 6.07) is 0. The van der Waals surface area contributed by atoms with E-state index < -0.39 is 0 Å². The van der Waals surface area contributed by atoms with E-state index in [1.165, 1.54) is 17.9 Å². The highest BCUT2D eigenvalue weighted by atomic mass is 32.2. The lowest BCUT2D eigenvalue weighted by Crippen LogP contribution is -2.32. The molecule has 0 aliphatic heterocycles. The molecule has 0 amide bonds. The molecule has 0 fully saturated rings. The van der Waals surface area contributed by atoms with E-state index in [0.29, 0.717) is 5.96 Å². The molecule has 0 aliphatic carbocycles. The summed E-state index contributed by atoms with van der Waals surface area (Å²) in [7, 11) is 0. The number of nitrogens with two attached hydrogens (primary N) is 1. The van der Waals surface area contributed by atoms with Gasteiger partial charge < -0.3 is 11.1 Å². The molecule has 96 valence electrons. The zero-order chi connectivity index (χ0) is 12.2. The van der Waals surface area contributed by atoms with Gasteiger partial charge in [-0.2, -0.15) is 11.8 Å². The molecule has 3 nitrogen and oxygen atoms in total. The second-order valence-electron chi connectivity index (χ2n) is 4.37. The molecule has 0 rings (SSSR count). The number of guanidine groups is 1. The summed E-state index contributed by atoms with van der Waals surface area (Å²) in [5.41, 5.74) is 5.71. The van der Waals surface area contributed by atoms with Crippen LogP contribution in [0, 0.1) is 5.92 Å². The second-order valence-corrected chi connectivity index (χ2v) is 5.52. The molecule has 3 N–H and O–H groups in total. The van der Waals surface area contributed by atoms with Crippen molar-refractivity contribution >= 4 is 17.7 Å². The van der Waals surface area contributed by atoms with Crippen LogP contribution in [0.5, 0.6) is 0 Å². The average molecular weight is 245 g/mol. The van der Waals surface area contributed by atoms with Gasteiger partial charge >= 0.3 is 0 Å². The first-order valence-electron chi connectivity index (χ1n) is 6.28. The highest BCUT2D eigenvalue weighted by molar-refractivity contribution is 7.99. The van der Waals surface area contributed by atoms with Crippen molar-refractivity contribution in [2.24, 2.45) is 16.6 Å². The number of rotatable bonds is 9. The molecule has 0 aliphatic rings. The van der Waals surface area contributed by atoms with Crippen molar-refractivity contribution < 1.29 is 0 Å². The first kappa shape index (κ1) is 15.6. The Hall–Kier alpha value is -0.380. The van der Waals surface area contributed by atoms with Crippen LogP contribution in [0.25, 0.3) is 0 Å². The maximum atomic E-state index is 5.71. The van der Waals surface area contributed by atoms with Crippen molar-refractivity contribution in [3.8, 4) is 0 Å². The van der Waals surface area contributed by atoms with Gasteiger partial charge in [0.1, 0.15) is 0 Å². The molecular weight excluding hydrogens is 218 g/mol. The molecule has 4 heteroatoms. The van der Waals surface area contributed by atoms with Crippen LogP contribution in [0.1, 0.15) is 40.0 Å². The molecule has 0 radical (unpaired) electrons. The van der Waals surface area contributed by atoms with Gasteiger partial charge in [-0.15, -0.1) is 0 Å². The topological polar surface area (TPSA) is 50.4 Å². The van der Waals surface area contributed by atoms with E-state index in [1.807, 2.05) is 11.8 Å². The fourth-order valence-corrected chi connectivity index (χ4v) is 2.11. The number of nitrogens with zero attached hydrogens (tertiary/aromatic N) is 1. The Balaban J connectivity index is 3.30. The van der Waals surface area contributed by atoms with E-state index in [0.717, 1.165) is 31.8 Å². The zero-order valence-electron chi connectivity index (χ0n) is 11.0. The van der Waals surface area contributed by atoms with Crippen LogP contribution < -0.4 is 11.1 Å². The number of thioether (sulfide) groups is 1. The quantitative estimate of drug-likeness (QED) is 0.373. The lowest BCUT2D eigenvalue weighted by atomic mass is 10.3. The first-order chi connectivity index (χ1) is 7.66. The van der Waals surface area contributed by atoms with Crippen LogP contribution in [0.4, 0.5) is 0 Å². The molecule has 0 spiro atoms. The van der Waals surface area contributed by atoms with Gasteiger partial charge in [0.15, 0.2) is 5.96 Å². The van der Waals surface area contributed by atoms with Crippen LogP contribution in [-0.2, 0) is 0 Å². The van der Waals surface area contributed by atoms with Crippen molar-refractivity contribution in [2.45, 2.75) is 40.0 Å². The van der Waals surface area contributed by atoms with Crippen LogP contribution >= 0.6 is 11.8 Å². The third kappa shape index (κ3) is 11.7. The summed E-state index contributed by atoms with van der Waals surface area (Å²) in [4.78, 5) is 4.28. The Labute approximate surface area is 105 Å². The Kier molecular flexibility index (Phi) is 10.9. The first-order valence-corrected chi connectivity index (χ1v) is 7.43. The third-order valence-electron chi connectivity index (χ3n) is 2.02. The third-order valence-corrected chi connectivity index (χ3v) is 3.50. The SMILES string of the molecule is CCCCNC(N)=NCCCSCC(C)C. The van der Waals surface area contributed by atoms with Gasteiger partial charge in [0.2, 0.25) is 0 Å². The molecule has 0 saturated heterocycles. The van der Waals surface area contributed by atoms with Crippen LogP contribution in [0.3, 0.4) is 0 Å². The van der Waals surface area contributed by atoms with Crippen molar-refractivity contribution in [1.29, 1.82) is 0 Å². The normalized spacial score (nSPS) is 12.1. The lowest BCUT2D eigenvalue weighted by Gasteiger charge is -2.05. The Morgan fingerprint density at radius 2 is 2.12 bits per heavy atom. The summed E-state index contributed by atoms with van der Waals surface area (Å²) in [6.07, 6.45) is 3.46.